The van der Waals surface area contributed by atoms with E-state index < -0.39 is 0 Å². The number of nitrogens with zero attached hydrogens (tertiary/aromatic N) is 3. The first-order valence-corrected chi connectivity index (χ1v) is 11.3. The van der Waals surface area contributed by atoms with Crippen LogP contribution in [0, 0.1) is 0 Å². The molecule has 3 heterocycles. The second-order valence-corrected chi connectivity index (χ2v) is 8.73. The van der Waals surface area contributed by atoms with E-state index in [1.807, 2.05) is 30.2 Å². The Morgan fingerprint density at radius 3 is 2.12 bits per heavy atom. The molecule has 2 aromatic carbocycles. The van der Waals surface area contributed by atoms with Crippen molar-refractivity contribution >= 4 is 11.8 Å². The number of benzene rings is 2. The molecule has 7 nitrogen and oxygen atoms in total. The van der Waals surface area contributed by atoms with E-state index in [1.54, 1.807) is 5.01 Å². The summed E-state index contributed by atoms with van der Waals surface area (Å²) in [7, 11) is 0. The number of carbonyl (C=O) groups excluding carboxylic acids is 2. The lowest BCUT2D eigenvalue weighted by molar-refractivity contribution is -0.135. The fourth-order valence-electron chi connectivity index (χ4n) is 5.00. The molecule has 0 saturated carbocycles. The fraction of sp³-hybridized carbons (Fsp3) is 0.360. The molecule has 2 N–H and O–H groups in total. The van der Waals surface area contributed by atoms with Gasteiger partial charge in [-0.1, -0.05) is 60.7 Å². The van der Waals surface area contributed by atoms with E-state index >= 15 is 0 Å². The average Bonchev–Trinajstić information content (AvgIpc) is 3.25. The van der Waals surface area contributed by atoms with Crippen molar-refractivity contribution in [3.8, 4) is 0 Å². The molecule has 7 heteroatoms. The highest BCUT2D eigenvalue weighted by Crippen LogP contribution is 2.30. The number of carbonyl (C=O) groups is 2. The van der Waals surface area contributed by atoms with Gasteiger partial charge in [-0.05, 0) is 18.1 Å². The van der Waals surface area contributed by atoms with Crippen molar-refractivity contribution in [1.29, 1.82) is 0 Å². The molecular weight excluding hydrogens is 402 g/mol. The zero-order valence-corrected chi connectivity index (χ0v) is 18.3. The normalized spacial score (nSPS) is 23.7. The maximum atomic E-state index is 13.2. The van der Waals surface area contributed by atoms with Gasteiger partial charge in [0.2, 0.25) is 11.8 Å². The average molecular weight is 432 g/mol. The van der Waals surface area contributed by atoms with Crippen molar-refractivity contribution < 1.29 is 9.59 Å². The first-order valence-electron chi connectivity index (χ1n) is 11.3. The first kappa shape index (κ1) is 20.7. The number of nitrogens with one attached hydrogen (secondary N) is 2. The number of hydrazine groups is 1. The van der Waals surface area contributed by atoms with Gasteiger partial charge in [0.1, 0.15) is 12.1 Å². The van der Waals surface area contributed by atoms with E-state index in [2.05, 4.69) is 64.2 Å². The monoisotopic (exact) mass is 431 g/mol. The third-order valence-electron chi connectivity index (χ3n) is 6.58. The topological polar surface area (TPSA) is 67.9 Å². The van der Waals surface area contributed by atoms with Gasteiger partial charge in [0.15, 0.2) is 0 Å². The molecule has 0 spiro atoms. The lowest BCUT2D eigenvalue weighted by Gasteiger charge is -2.40. The third kappa shape index (κ3) is 4.01. The standard InChI is InChI=1S/C25H29N5O2/c1-18-17-30-22(24(31)26-18)16-21(27-30)25(32)29-14-12-28(13-15-29)23(19-8-4-2-5-9-19)20-10-6-3-7-11-20/h2-11,17,21-23,27H,12-16H2,1H3,(H,26,31). The molecule has 3 aliphatic heterocycles. The summed E-state index contributed by atoms with van der Waals surface area (Å²) in [5, 5.41) is 4.63. The molecule has 5 rings (SSSR count). The molecular formula is C25H29N5O2. The van der Waals surface area contributed by atoms with E-state index in [4.69, 9.17) is 0 Å². The highest BCUT2D eigenvalue weighted by Gasteiger charge is 2.42. The fourth-order valence-corrected chi connectivity index (χ4v) is 5.00. The van der Waals surface area contributed by atoms with Crippen LogP contribution in [0.3, 0.4) is 0 Å². The van der Waals surface area contributed by atoms with Gasteiger partial charge in [-0.2, -0.15) is 0 Å². The maximum absolute atomic E-state index is 13.2. The minimum absolute atomic E-state index is 0.0498. The Balaban J connectivity index is 1.26. The molecule has 2 atom stereocenters. The van der Waals surface area contributed by atoms with E-state index in [0.717, 1.165) is 18.8 Å². The lowest BCUT2D eigenvalue weighted by Crippen LogP contribution is -2.54. The second kappa shape index (κ2) is 8.76. The largest absolute Gasteiger partial charge is 0.339 e. The van der Waals surface area contributed by atoms with Crippen LogP contribution in [-0.2, 0) is 9.59 Å². The molecule has 2 fully saturated rings. The number of piperazine rings is 1. The summed E-state index contributed by atoms with van der Waals surface area (Å²) in [6, 6.07) is 20.6. The van der Waals surface area contributed by atoms with Crippen molar-refractivity contribution in [1.82, 2.24) is 25.6 Å². The van der Waals surface area contributed by atoms with Crippen molar-refractivity contribution in [3.05, 3.63) is 83.7 Å². The minimum Gasteiger partial charge on any atom is -0.339 e. The molecule has 3 aliphatic rings. The highest BCUT2D eigenvalue weighted by molar-refractivity contribution is 5.88. The summed E-state index contributed by atoms with van der Waals surface area (Å²) < 4.78 is 0. The van der Waals surface area contributed by atoms with E-state index in [9.17, 15) is 9.59 Å². The number of rotatable bonds is 4. The molecule has 32 heavy (non-hydrogen) atoms. The lowest BCUT2D eigenvalue weighted by atomic mass is 9.96. The summed E-state index contributed by atoms with van der Waals surface area (Å²) in [5.41, 5.74) is 6.54. The number of hydrogen-bond acceptors (Lipinski definition) is 5. The van der Waals surface area contributed by atoms with Crippen molar-refractivity contribution in [3.63, 3.8) is 0 Å². The second-order valence-electron chi connectivity index (χ2n) is 8.73. The Kier molecular flexibility index (Phi) is 5.68. The predicted molar refractivity (Wildman–Crippen MR) is 122 cm³/mol. The molecule has 166 valence electrons. The van der Waals surface area contributed by atoms with Crippen molar-refractivity contribution in [2.75, 3.05) is 26.2 Å². The van der Waals surface area contributed by atoms with Gasteiger partial charge in [-0.15, -0.1) is 0 Å². The Labute approximate surface area is 188 Å². The molecule has 2 aromatic rings. The van der Waals surface area contributed by atoms with Gasteiger partial charge in [-0.25, -0.2) is 5.43 Å². The van der Waals surface area contributed by atoms with Crippen molar-refractivity contribution in [2.45, 2.75) is 31.5 Å². The molecule has 2 amide bonds. The number of allylic oxidation sites excluding steroid dienone is 1. The van der Waals surface area contributed by atoms with Crippen LogP contribution in [-0.4, -0.2) is 64.9 Å². The summed E-state index contributed by atoms with van der Waals surface area (Å²) in [4.78, 5) is 29.9. The van der Waals surface area contributed by atoms with Crippen LogP contribution in [0.25, 0.3) is 0 Å². The number of hydrogen-bond donors (Lipinski definition) is 2. The smallest absolute Gasteiger partial charge is 0.248 e. The van der Waals surface area contributed by atoms with Gasteiger partial charge in [-0.3, -0.25) is 14.5 Å². The Morgan fingerprint density at radius 2 is 1.53 bits per heavy atom. The van der Waals surface area contributed by atoms with Gasteiger partial charge >= 0.3 is 0 Å². The van der Waals surface area contributed by atoms with E-state index in [-0.39, 0.29) is 29.9 Å². The van der Waals surface area contributed by atoms with Crippen LogP contribution in [0.2, 0.25) is 0 Å². The molecule has 2 unspecified atom stereocenters. The summed E-state index contributed by atoms with van der Waals surface area (Å²) in [5.74, 6) is 0.0278. The number of fused-ring (bicyclic) bond motifs is 1. The zero-order valence-electron chi connectivity index (χ0n) is 18.3. The van der Waals surface area contributed by atoms with Gasteiger partial charge in [0, 0.05) is 44.5 Å². The molecule has 0 aromatic heterocycles. The van der Waals surface area contributed by atoms with Crippen LogP contribution in [0.4, 0.5) is 0 Å². The Hall–Kier alpha value is -3.16. The summed E-state index contributed by atoms with van der Waals surface area (Å²) in [6.07, 6.45) is 2.35. The summed E-state index contributed by atoms with van der Waals surface area (Å²) >= 11 is 0. The van der Waals surface area contributed by atoms with Gasteiger partial charge < -0.3 is 15.2 Å². The summed E-state index contributed by atoms with van der Waals surface area (Å²) in [6.45, 7) is 4.82. The molecule has 0 aliphatic carbocycles. The zero-order chi connectivity index (χ0) is 22.1. The predicted octanol–water partition coefficient (Wildman–Crippen LogP) is 1.86. The van der Waals surface area contributed by atoms with E-state index in [0.29, 0.717) is 19.5 Å². The van der Waals surface area contributed by atoms with Gasteiger partial charge in [0.25, 0.3) is 0 Å². The molecule has 0 bridgehead atoms. The van der Waals surface area contributed by atoms with Crippen LogP contribution in [0.15, 0.2) is 72.6 Å². The molecule has 2 saturated heterocycles. The maximum Gasteiger partial charge on any atom is 0.248 e. The Bertz CT molecular complexity index is 962. The van der Waals surface area contributed by atoms with E-state index in [1.165, 1.54) is 11.1 Å². The quantitative estimate of drug-likeness (QED) is 0.774. The third-order valence-corrected chi connectivity index (χ3v) is 6.58. The highest BCUT2D eigenvalue weighted by atomic mass is 16.2. The van der Waals surface area contributed by atoms with Crippen LogP contribution in [0.1, 0.15) is 30.5 Å². The van der Waals surface area contributed by atoms with Crippen molar-refractivity contribution in [2.24, 2.45) is 0 Å². The Morgan fingerprint density at radius 1 is 0.938 bits per heavy atom. The van der Waals surface area contributed by atoms with Crippen LogP contribution in [0.5, 0.6) is 0 Å². The SMILES string of the molecule is CC1=CN2NC(C(=O)N3CCN(C(c4ccccc4)c4ccccc4)CC3)CC2C(=O)N1. The minimum atomic E-state index is -0.363. The first-order chi connectivity index (χ1) is 15.6. The van der Waals surface area contributed by atoms with Gasteiger partial charge in [0.05, 0.1) is 6.04 Å². The number of amides is 2. The molecule has 0 radical (unpaired) electrons. The van der Waals surface area contributed by atoms with Crippen LogP contribution < -0.4 is 10.7 Å². The van der Waals surface area contributed by atoms with Crippen LogP contribution >= 0.6 is 0 Å².